The van der Waals surface area contributed by atoms with Crippen molar-refractivity contribution in [3.05, 3.63) is 66.5 Å². The maximum absolute atomic E-state index is 5.69. The largest absolute Gasteiger partial charge is 0.494 e. The van der Waals surface area contributed by atoms with Gasteiger partial charge in [-0.05, 0) is 47.9 Å². The van der Waals surface area contributed by atoms with Gasteiger partial charge in [0.2, 0.25) is 0 Å². The predicted octanol–water partition coefficient (Wildman–Crippen LogP) is 4.72. The number of hydrogen-bond donors (Lipinski definition) is 1. The van der Waals surface area contributed by atoms with Crippen molar-refractivity contribution in [2.45, 2.75) is 6.92 Å². The fraction of sp³-hybridized carbons (Fsp3) is 0.136. The van der Waals surface area contributed by atoms with E-state index in [4.69, 9.17) is 14.7 Å². The summed E-state index contributed by atoms with van der Waals surface area (Å²) in [5, 5.41) is 4.12. The second-order valence-corrected chi connectivity index (χ2v) is 6.28. The van der Waals surface area contributed by atoms with Gasteiger partial charge in [0.05, 0.1) is 7.11 Å². The van der Waals surface area contributed by atoms with Gasteiger partial charge in [0.25, 0.3) is 0 Å². The smallest absolute Gasteiger partial charge is 0.163 e. The lowest BCUT2D eigenvalue weighted by Gasteiger charge is -2.14. The SMILES string of the molecule is CNc1nc(-c2cccnc2)nc2c(OC)cc(-c3ccccc3C)cc12. The van der Waals surface area contributed by atoms with Gasteiger partial charge in [0.1, 0.15) is 17.1 Å². The Morgan fingerprint density at radius 2 is 1.81 bits per heavy atom. The monoisotopic (exact) mass is 356 g/mol. The average Bonchev–Trinajstić information content (AvgIpc) is 2.73. The number of benzene rings is 2. The summed E-state index contributed by atoms with van der Waals surface area (Å²) in [6.45, 7) is 2.10. The predicted molar refractivity (Wildman–Crippen MR) is 109 cm³/mol. The van der Waals surface area contributed by atoms with Crippen LogP contribution in [0.4, 0.5) is 5.82 Å². The van der Waals surface area contributed by atoms with Gasteiger partial charge < -0.3 is 10.1 Å². The lowest BCUT2D eigenvalue weighted by Crippen LogP contribution is -2.01. The van der Waals surface area contributed by atoms with E-state index in [1.54, 1.807) is 19.5 Å². The lowest BCUT2D eigenvalue weighted by atomic mass is 9.98. The van der Waals surface area contributed by atoms with Gasteiger partial charge in [0.15, 0.2) is 5.82 Å². The molecule has 1 N–H and O–H groups in total. The zero-order valence-corrected chi connectivity index (χ0v) is 15.5. The molecule has 0 amide bonds. The third-order valence-electron chi connectivity index (χ3n) is 4.60. The Labute approximate surface area is 158 Å². The highest BCUT2D eigenvalue weighted by Gasteiger charge is 2.15. The van der Waals surface area contributed by atoms with Crippen molar-refractivity contribution in [2.75, 3.05) is 19.5 Å². The van der Waals surface area contributed by atoms with Crippen LogP contribution in [0.1, 0.15) is 5.56 Å². The van der Waals surface area contributed by atoms with Crippen LogP contribution in [0.25, 0.3) is 33.4 Å². The number of ether oxygens (including phenoxy) is 1. The van der Waals surface area contributed by atoms with Crippen molar-refractivity contribution >= 4 is 16.7 Å². The normalized spacial score (nSPS) is 10.8. The van der Waals surface area contributed by atoms with Gasteiger partial charge >= 0.3 is 0 Å². The van der Waals surface area contributed by atoms with Crippen molar-refractivity contribution in [1.29, 1.82) is 0 Å². The molecule has 0 aliphatic rings. The number of rotatable bonds is 4. The molecule has 5 heteroatoms. The van der Waals surface area contributed by atoms with Crippen molar-refractivity contribution in [3.8, 4) is 28.3 Å². The Hall–Kier alpha value is -3.47. The molecule has 4 aromatic rings. The molecule has 0 saturated carbocycles. The summed E-state index contributed by atoms with van der Waals surface area (Å²) in [6, 6.07) is 16.3. The highest BCUT2D eigenvalue weighted by atomic mass is 16.5. The molecule has 0 radical (unpaired) electrons. The number of pyridine rings is 1. The summed E-state index contributed by atoms with van der Waals surface area (Å²) in [6.07, 6.45) is 3.49. The van der Waals surface area contributed by atoms with E-state index in [2.05, 4.69) is 35.4 Å². The summed E-state index contributed by atoms with van der Waals surface area (Å²) in [5.41, 5.74) is 5.08. The molecule has 5 nitrogen and oxygen atoms in total. The van der Waals surface area contributed by atoms with Crippen molar-refractivity contribution in [1.82, 2.24) is 15.0 Å². The number of nitrogens with zero attached hydrogens (tertiary/aromatic N) is 3. The second-order valence-electron chi connectivity index (χ2n) is 6.28. The number of anilines is 1. The molecule has 0 fully saturated rings. The van der Waals surface area contributed by atoms with Crippen molar-refractivity contribution < 1.29 is 4.74 Å². The average molecular weight is 356 g/mol. The number of methoxy groups -OCH3 is 1. The van der Waals surface area contributed by atoms with Crippen LogP contribution < -0.4 is 10.1 Å². The van der Waals surface area contributed by atoms with E-state index in [1.807, 2.05) is 37.4 Å². The fourth-order valence-corrected chi connectivity index (χ4v) is 3.22. The first-order valence-electron chi connectivity index (χ1n) is 8.75. The van der Waals surface area contributed by atoms with Gasteiger partial charge in [-0.2, -0.15) is 0 Å². The molecule has 134 valence electrons. The molecule has 0 atom stereocenters. The maximum Gasteiger partial charge on any atom is 0.163 e. The summed E-state index contributed by atoms with van der Waals surface area (Å²) in [5.74, 6) is 2.09. The second kappa shape index (κ2) is 7.03. The van der Waals surface area contributed by atoms with E-state index in [0.717, 1.165) is 39.2 Å². The molecule has 0 aliphatic carbocycles. The number of hydrogen-bond acceptors (Lipinski definition) is 5. The molecule has 2 aromatic carbocycles. The van der Waals surface area contributed by atoms with Crippen LogP contribution in [-0.2, 0) is 0 Å². The van der Waals surface area contributed by atoms with E-state index in [9.17, 15) is 0 Å². The fourth-order valence-electron chi connectivity index (χ4n) is 3.22. The Kier molecular flexibility index (Phi) is 4.42. The Morgan fingerprint density at radius 1 is 0.963 bits per heavy atom. The topological polar surface area (TPSA) is 59.9 Å². The molecular formula is C22H20N4O. The zero-order valence-electron chi connectivity index (χ0n) is 15.5. The van der Waals surface area contributed by atoms with Crippen LogP contribution in [0.3, 0.4) is 0 Å². The molecule has 27 heavy (non-hydrogen) atoms. The maximum atomic E-state index is 5.69. The lowest BCUT2D eigenvalue weighted by molar-refractivity contribution is 0.419. The molecule has 0 aliphatic heterocycles. The van der Waals surface area contributed by atoms with E-state index < -0.39 is 0 Å². The molecular weight excluding hydrogens is 336 g/mol. The van der Waals surface area contributed by atoms with E-state index in [-0.39, 0.29) is 0 Å². The molecule has 2 heterocycles. The quantitative estimate of drug-likeness (QED) is 0.573. The van der Waals surface area contributed by atoms with Crippen LogP contribution in [0.2, 0.25) is 0 Å². The highest BCUT2D eigenvalue weighted by molar-refractivity contribution is 5.98. The first-order valence-corrected chi connectivity index (χ1v) is 8.75. The van der Waals surface area contributed by atoms with Gasteiger partial charge in [0, 0.05) is 30.4 Å². The minimum atomic E-state index is 0.613. The van der Waals surface area contributed by atoms with Crippen molar-refractivity contribution in [2.24, 2.45) is 0 Å². The summed E-state index contributed by atoms with van der Waals surface area (Å²) < 4.78 is 5.69. The number of fused-ring (bicyclic) bond motifs is 1. The van der Waals surface area contributed by atoms with Gasteiger partial charge in [-0.15, -0.1) is 0 Å². The first kappa shape index (κ1) is 17.0. The first-order chi connectivity index (χ1) is 13.2. The molecule has 0 saturated heterocycles. The van der Waals surface area contributed by atoms with Crippen LogP contribution in [-0.4, -0.2) is 29.1 Å². The van der Waals surface area contributed by atoms with E-state index >= 15 is 0 Å². The summed E-state index contributed by atoms with van der Waals surface area (Å²) >= 11 is 0. The minimum Gasteiger partial charge on any atom is -0.494 e. The molecule has 2 aromatic heterocycles. The van der Waals surface area contributed by atoms with Crippen LogP contribution >= 0.6 is 0 Å². The zero-order chi connectivity index (χ0) is 18.8. The molecule has 4 rings (SSSR count). The van der Waals surface area contributed by atoms with E-state index in [0.29, 0.717) is 5.82 Å². The molecule has 0 bridgehead atoms. The third kappa shape index (κ3) is 3.08. The Bertz CT molecular complexity index is 1110. The number of aryl methyl sites for hydroxylation is 1. The third-order valence-corrected chi connectivity index (χ3v) is 4.60. The van der Waals surface area contributed by atoms with Gasteiger partial charge in [-0.25, -0.2) is 9.97 Å². The molecule has 0 unspecified atom stereocenters. The Balaban J connectivity index is 1.99. The highest BCUT2D eigenvalue weighted by Crippen LogP contribution is 2.36. The minimum absolute atomic E-state index is 0.613. The number of nitrogens with one attached hydrogen (secondary N) is 1. The summed E-state index contributed by atoms with van der Waals surface area (Å²) in [7, 11) is 3.53. The standard InChI is InChI=1S/C22H20N4O/c1-14-7-4-5-9-17(14)16-11-18-20(19(12-16)27-3)25-21(26-22(18)23-2)15-8-6-10-24-13-15/h4-13H,1-3H3,(H,23,25,26). The molecule has 0 spiro atoms. The van der Waals surface area contributed by atoms with Crippen molar-refractivity contribution in [3.63, 3.8) is 0 Å². The van der Waals surface area contributed by atoms with Crippen LogP contribution in [0.15, 0.2) is 60.9 Å². The van der Waals surface area contributed by atoms with Crippen LogP contribution in [0, 0.1) is 6.92 Å². The Morgan fingerprint density at radius 3 is 2.52 bits per heavy atom. The van der Waals surface area contributed by atoms with Gasteiger partial charge in [-0.3, -0.25) is 4.98 Å². The summed E-state index contributed by atoms with van der Waals surface area (Å²) in [4.78, 5) is 13.6. The van der Waals surface area contributed by atoms with Crippen LogP contribution in [0.5, 0.6) is 5.75 Å². The van der Waals surface area contributed by atoms with E-state index in [1.165, 1.54) is 5.56 Å². The van der Waals surface area contributed by atoms with Gasteiger partial charge in [-0.1, -0.05) is 24.3 Å². The number of aromatic nitrogens is 3.